The first kappa shape index (κ1) is 23.3. The number of aryl methyl sites for hydroxylation is 1. The summed E-state index contributed by atoms with van der Waals surface area (Å²) >= 11 is 6.66. The molecule has 3 atom stereocenters. The van der Waals surface area contributed by atoms with Crippen LogP contribution in [0.25, 0.3) is 0 Å². The Morgan fingerprint density at radius 1 is 1.19 bits per heavy atom. The lowest BCUT2D eigenvalue weighted by Crippen LogP contribution is -2.43. The molecule has 0 saturated carbocycles. The molecule has 1 N–H and O–H groups in total. The average Bonchev–Trinajstić information content (AvgIpc) is 3.56. The molecule has 2 fully saturated rings. The summed E-state index contributed by atoms with van der Waals surface area (Å²) in [5, 5.41) is 3.78. The van der Waals surface area contributed by atoms with Crippen LogP contribution in [0.2, 0.25) is 5.02 Å². The number of nitrogens with zero attached hydrogens (tertiary/aromatic N) is 4. The topological polar surface area (TPSA) is 70.6 Å². The lowest BCUT2D eigenvalue weighted by atomic mass is 9.95. The Morgan fingerprint density at radius 2 is 2.03 bits per heavy atom. The smallest absolute Gasteiger partial charge is 0.253 e. The van der Waals surface area contributed by atoms with Crippen molar-refractivity contribution < 1.29 is 9.53 Å². The monoisotopic (exact) mass is 503 g/mol. The standard InChI is InChI=1S/C28H30ClN5O2/c1-17-9-11-30-28(31-17)33-12-10-19-13-22(23(29)15-26(19)33)27(35)32-24-14-20-5-8-25(24)34(20)16-18-3-6-21(36-2)7-4-18/h3-4,6-7,9,11,13,15,20,24-25H,5,8,10,12,14,16H2,1-2H3,(H,32,35)/t20-,24+,25+/m0/s1. The molecule has 36 heavy (non-hydrogen) atoms. The average molecular weight is 504 g/mol. The van der Waals surface area contributed by atoms with Crippen LogP contribution in [0.1, 0.15) is 46.4 Å². The number of rotatable bonds is 6. The number of nitrogens with one attached hydrogen (secondary N) is 1. The van der Waals surface area contributed by atoms with Gasteiger partial charge in [0.05, 0.1) is 17.7 Å². The molecule has 3 aromatic rings. The van der Waals surface area contributed by atoms with E-state index in [0.717, 1.165) is 55.0 Å². The fourth-order valence-corrected chi connectivity index (χ4v) is 6.29. The van der Waals surface area contributed by atoms with Crippen molar-refractivity contribution >= 4 is 29.1 Å². The zero-order valence-electron chi connectivity index (χ0n) is 20.6. The van der Waals surface area contributed by atoms with Gasteiger partial charge in [-0.25, -0.2) is 9.97 Å². The van der Waals surface area contributed by atoms with Crippen molar-refractivity contribution in [1.82, 2.24) is 20.2 Å². The molecule has 2 aromatic carbocycles. The molecule has 1 amide bonds. The maximum atomic E-state index is 13.4. The summed E-state index contributed by atoms with van der Waals surface area (Å²) in [6.07, 6.45) is 5.87. The third-order valence-corrected chi connectivity index (χ3v) is 8.17. The van der Waals surface area contributed by atoms with Crippen LogP contribution in [0.5, 0.6) is 5.75 Å². The second-order valence-corrected chi connectivity index (χ2v) is 10.4. The van der Waals surface area contributed by atoms with Gasteiger partial charge in [0.15, 0.2) is 0 Å². The molecule has 8 heteroatoms. The third-order valence-electron chi connectivity index (χ3n) is 7.85. The van der Waals surface area contributed by atoms with E-state index < -0.39 is 0 Å². The summed E-state index contributed by atoms with van der Waals surface area (Å²) in [7, 11) is 1.69. The van der Waals surface area contributed by atoms with Gasteiger partial charge in [0.25, 0.3) is 5.91 Å². The van der Waals surface area contributed by atoms with E-state index in [0.29, 0.717) is 28.6 Å². The second kappa shape index (κ2) is 9.37. The largest absolute Gasteiger partial charge is 0.497 e. The zero-order valence-corrected chi connectivity index (χ0v) is 21.3. The molecule has 3 aliphatic heterocycles. The molecule has 0 unspecified atom stereocenters. The van der Waals surface area contributed by atoms with Crippen molar-refractivity contribution in [3.63, 3.8) is 0 Å². The van der Waals surface area contributed by atoms with Crippen molar-refractivity contribution in [3.8, 4) is 5.75 Å². The van der Waals surface area contributed by atoms with Crippen LogP contribution in [0.4, 0.5) is 11.6 Å². The fraction of sp³-hybridized carbons (Fsp3) is 0.393. The van der Waals surface area contributed by atoms with E-state index in [1.54, 1.807) is 13.3 Å². The van der Waals surface area contributed by atoms with Crippen LogP contribution in [0, 0.1) is 6.92 Å². The summed E-state index contributed by atoms with van der Waals surface area (Å²) in [6, 6.07) is 15.0. The molecule has 2 saturated heterocycles. The van der Waals surface area contributed by atoms with Crippen LogP contribution in [0.3, 0.4) is 0 Å². The van der Waals surface area contributed by atoms with E-state index in [1.165, 1.54) is 12.0 Å². The number of benzene rings is 2. The minimum absolute atomic E-state index is 0.0880. The molecule has 186 valence electrons. The number of ether oxygens (including phenoxy) is 1. The van der Waals surface area contributed by atoms with E-state index in [9.17, 15) is 4.79 Å². The molecular formula is C28H30ClN5O2. The minimum atomic E-state index is -0.0880. The van der Waals surface area contributed by atoms with Crippen LogP contribution in [-0.4, -0.2) is 52.6 Å². The van der Waals surface area contributed by atoms with E-state index in [1.807, 2.05) is 37.3 Å². The molecular weight excluding hydrogens is 474 g/mol. The number of methoxy groups -OCH3 is 1. The fourth-order valence-electron chi connectivity index (χ4n) is 6.05. The number of anilines is 2. The van der Waals surface area contributed by atoms with Crippen molar-refractivity contribution in [3.05, 3.63) is 76.1 Å². The Bertz CT molecular complexity index is 1300. The van der Waals surface area contributed by atoms with Crippen LogP contribution in [-0.2, 0) is 13.0 Å². The minimum Gasteiger partial charge on any atom is -0.497 e. The maximum absolute atomic E-state index is 13.4. The van der Waals surface area contributed by atoms with Gasteiger partial charge >= 0.3 is 0 Å². The summed E-state index contributed by atoms with van der Waals surface area (Å²) < 4.78 is 5.29. The normalized spacial score (nSPS) is 22.6. The third kappa shape index (κ3) is 4.20. The highest BCUT2D eigenvalue weighted by atomic mass is 35.5. The lowest BCUT2D eigenvalue weighted by molar-refractivity contribution is 0.0925. The van der Waals surface area contributed by atoms with Gasteiger partial charge in [-0.1, -0.05) is 23.7 Å². The molecule has 0 aliphatic carbocycles. The summed E-state index contributed by atoms with van der Waals surface area (Å²) in [4.78, 5) is 27.0. The predicted octanol–water partition coefficient (Wildman–Crippen LogP) is 4.68. The first-order valence-corrected chi connectivity index (χ1v) is 13.0. The Morgan fingerprint density at radius 3 is 2.81 bits per heavy atom. The Labute approximate surface area is 216 Å². The molecule has 1 aromatic heterocycles. The lowest BCUT2D eigenvalue weighted by Gasteiger charge is -2.25. The zero-order chi connectivity index (χ0) is 24.8. The van der Waals surface area contributed by atoms with Gasteiger partial charge in [0, 0.05) is 48.8 Å². The molecule has 6 rings (SSSR count). The quantitative estimate of drug-likeness (QED) is 0.527. The van der Waals surface area contributed by atoms with Crippen LogP contribution >= 0.6 is 11.6 Å². The summed E-state index contributed by atoms with van der Waals surface area (Å²) in [5.41, 5.74) is 4.81. The number of fused-ring (bicyclic) bond motifs is 3. The van der Waals surface area contributed by atoms with Gasteiger partial charge in [-0.05, 0) is 74.1 Å². The number of halogens is 1. The number of hydrogen-bond acceptors (Lipinski definition) is 6. The van der Waals surface area contributed by atoms with Gasteiger partial charge in [-0.3, -0.25) is 9.69 Å². The number of aromatic nitrogens is 2. The van der Waals surface area contributed by atoms with E-state index in [4.69, 9.17) is 16.3 Å². The Hall–Kier alpha value is -3.16. The maximum Gasteiger partial charge on any atom is 0.253 e. The molecule has 7 nitrogen and oxygen atoms in total. The van der Waals surface area contributed by atoms with Crippen LogP contribution < -0.4 is 15.0 Å². The Balaban J connectivity index is 1.16. The highest BCUT2D eigenvalue weighted by molar-refractivity contribution is 6.34. The van der Waals surface area contributed by atoms with Gasteiger partial charge in [0.2, 0.25) is 5.95 Å². The first-order chi connectivity index (χ1) is 17.5. The SMILES string of the molecule is COc1ccc(CN2[C@H]3CC[C@@H]2[C@H](NC(=O)c2cc4c(cc2Cl)N(c2nccc(C)n2)CC4)C3)cc1. The number of hydrogen-bond donors (Lipinski definition) is 1. The van der Waals surface area contributed by atoms with E-state index in [-0.39, 0.29) is 11.9 Å². The first-order valence-electron chi connectivity index (χ1n) is 12.6. The molecule has 3 aliphatic rings. The van der Waals surface area contributed by atoms with Crippen molar-refractivity contribution in [2.24, 2.45) is 0 Å². The summed E-state index contributed by atoms with van der Waals surface area (Å²) in [6.45, 7) is 3.62. The second-order valence-electron chi connectivity index (χ2n) is 10.00. The highest BCUT2D eigenvalue weighted by Crippen LogP contribution is 2.40. The van der Waals surface area contributed by atoms with Crippen molar-refractivity contribution in [2.75, 3.05) is 18.6 Å². The molecule has 0 spiro atoms. The Kier molecular flexibility index (Phi) is 6.05. The van der Waals surface area contributed by atoms with Crippen molar-refractivity contribution in [1.29, 1.82) is 0 Å². The van der Waals surface area contributed by atoms with Gasteiger partial charge in [0.1, 0.15) is 5.75 Å². The summed E-state index contributed by atoms with van der Waals surface area (Å²) in [5.74, 6) is 1.45. The van der Waals surface area contributed by atoms with Crippen LogP contribution in [0.15, 0.2) is 48.7 Å². The number of amides is 1. The highest BCUT2D eigenvalue weighted by Gasteiger charge is 2.46. The predicted molar refractivity (Wildman–Crippen MR) is 140 cm³/mol. The van der Waals surface area contributed by atoms with Gasteiger partial charge in [-0.15, -0.1) is 0 Å². The van der Waals surface area contributed by atoms with Crippen molar-refractivity contribution in [2.45, 2.75) is 57.3 Å². The van der Waals surface area contributed by atoms with Gasteiger partial charge < -0.3 is 15.0 Å². The van der Waals surface area contributed by atoms with Gasteiger partial charge in [-0.2, -0.15) is 0 Å². The number of carbonyl (C=O) groups is 1. The number of carbonyl (C=O) groups excluding carboxylic acids is 1. The van der Waals surface area contributed by atoms with E-state index in [2.05, 4.69) is 37.2 Å². The molecule has 4 heterocycles. The molecule has 2 bridgehead atoms. The van der Waals surface area contributed by atoms with E-state index >= 15 is 0 Å². The molecule has 0 radical (unpaired) electrons.